The monoisotopic (exact) mass is 798 g/mol. The van der Waals surface area contributed by atoms with E-state index in [2.05, 4.69) is 0 Å². The number of carbonyl (C=O) groups excluding carboxylic acids is 5. The summed E-state index contributed by atoms with van der Waals surface area (Å²) in [5.41, 5.74) is -0.790. The zero-order valence-corrected chi connectivity index (χ0v) is 35.6. The molecule has 0 aromatic heterocycles. The van der Waals surface area contributed by atoms with E-state index < -0.39 is 77.3 Å². The Hall–Kier alpha value is -4.52. The van der Waals surface area contributed by atoms with Crippen molar-refractivity contribution in [1.29, 1.82) is 0 Å². The average molecular weight is 799 g/mol. The molecule has 57 heavy (non-hydrogen) atoms. The van der Waals surface area contributed by atoms with Crippen LogP contribution in [0.15, 0.2) is 54.6 Å². The molecule has 3 rings (SSSR count). The summed E-state index contributed by atoms with van der Waals surface area (Å²) in [5, 5.41) is 0. The number of benzene rings is 2. The van der Waals surface area contributed by atoms with Gasteiger partial charge in [-0.15, -0.1) is 0 Å². The van der Waals surface area contributed by atoms with E-state index in [1.807, 2.05) is 63.2 Å². The number of esters is 3. The fourth-order valence-corrected chi connectivity index (χ4v) is 6.35. The molecule has 0 saturated carbocycles. The van der Waals surface area contributed by atoms with Crippen LogP contribution in [0.5, 0.6) is 0 Å². The summed E-state index contributed by atoms with van der Waals surface area (Å²) in [6.07, 6.45) is -2.31. The Labute approximate surface area is 337 Å². The minimum Gasteiger partial charge on any atom is -0.458 e. The molecule has 1 aliphatic rings. The van der Waals surface area contributed by atoms with Gasteiger partial charge in [-0.05, 0) is 88.8 Å². The van der Waals surface area contributed by atoms with Crippen molar-refractivity contribution in [2.45, 2.75) is 143 Å². The molecular weight excluding hydrogens is 735 g/mol. The summed E-state index contributed by atoms with van der Waals surface area (Å²) < 4.78 is 43.1. The van der Waals surface area contributed by atoms with E-state index in [0.29, 0.717) is 24.7 Å². The maximum atomic E-state index is 15.2. The van der Waals surface area contributed by atoms with Crippen molar-refractivity contribution in [2.75, 3.05) is 27.3 Å². The predicted octanol–water partition coefficient (Wildman–Crippen LogP) is 7.35. The molecule has 1 aliphatic heterocycles. The summed E-state index contributed by atoms with van der Waals surface area (Å²) in [6.45, 7) is 15.9. The number of carbonyl (C=O) groups is 5. The molecule has 0 aliphatic carbocycles. The van der Waals surface area contributed by atoms with Crippen molar-refractivity contribution in [3.05, 3.63) is 71.3 Å². The number of amides is 2. The summed E-state index contributed by atoms with van der Waals surface area (Å²) in [7, 11) is 2.72. The van der Waals surface area contributed by atoms with Crippen molar-refractivity contribution in [3.8, 4) is 0 Å². The molecule has 1 unspecified atom stereocenters. The van der Waals surface area contributed by atoms with Crippen molar-refractivity contribution in [3.63, 3.8) is 0 Å². The fourth-order valence-electron chi connectivity index (χ4n) is 6.35. The van der Waals surface area contributed by atoms with Gasteiger partial charge in [-0.1, -0.05) is 75.4 Å². The summed E-state index contributed by atoms with van der Waals surface area (Å²) in [6, 6.07) is 14.0. The molecule has 2 aromatic rings. The Morgan fingerprint density at radius 2 is 1.32 bits per heavy atom. The minimum absolute atomic E-state index is 0.0157. The molecule has 0 spiro atoms. The third-order valence-electron chi connectivity index (χ3n) is 9.47. The first-order valence-electron chi connectivity index (χ1n) is 19.6. The number of rotatable bonds is 16. The van der Waals surface area contributed by atoms with Crippen LogP contribution in [0.3, 0.4) is 0 Å². The van der Waals surface area contributed by atoms with E-state index >= 15 is 4.39 Å². The van der Waals surface area contributed by atoms with Crippen LogP contribution in [0.25, 0.3) is 0 Å². The van der Waals surface area contributed by atoms with Gasteiger partial charge in [0.15, 0.2) is 12.2 Å². The Bertz CT molecular complexity index is 1640. The zero-order chi connectivity index (χ0) is 42.7. The Morgan fingerprint density at radius 1 is 0.754 bits per heavy atom. The van der Waals surface area contributed by atoms with Gasteiger partial charge in [0.2, 0.25) is 0 Å². The highest BCUT2D eigenvalue weighted by Crippen LogP contribution is 2.29. The van der Waals surface area contributed by atoms with E-state index in [1.54, 1.807) is 32.9 Å². The highest BCUT2D eigenvalue weighted by Gasteiger charge is 2.41. The fraction of sp³-hybridized carbons (Fsp3) is 0.614. The smallest absolute Gasteiger partial charge is 0.410 e. The lowest BCUT2D eigenvalue weighted by Gasteiger charge is -2.35. The van der Waals surface area contributed by atoms with Gasteiger partial charge in [0.1, 0.15) is 30.0 Å². The molecule has 13 heteroatoms. The second-order valence-corrected chi connectivity index (χ2v) is 17.7. The molecule has 1 saturated heterocycles. The largest absolute Gasteiger partial charge is 0.458 e. The molecule has 4 atom stereocenters. The third-order valence-corrected chi connectivity index (χ3v) is 9.47. The maximum absolute atomic E-state index is 15.2. The second kappa shape index (κ2) is 20.3. The lowest BCUT2D eigenvalue weighted by Crippen LogP contribution is -2.53. The van der Waals surface area contributed by atoms with Gasteiger partial charge in [-0.3, -0.25) is 9.69 Å². The molecular formula is C44H63FN2O10. The van der Waals surface area contributed by atoms with Crippen molar-refractivity contribution < 1.29 is 52.0 Å². The van der Waals surface area contributed by atoms with Crippen LogP contribution < -0.4 is 0 Å². The number of hydrogen-bond acceptors (Lipinski definition) is 10. The predicted molar refractivity (Wildman–Crippen MR) is 213 cm³/mol. The standard InChI is InChI=1S/C44H63FN2O10/c1-29(38(49)54-28-31-15-13-12-14-16-31)55-39(50)34(26-42(2,3)4)46(10)37(48)36(25-30-17-19-32(20-18-30)33-21-23-53-24-22-33)56-40(51)35(27-44(8,9)45)47(11)41(52)57-43(5,6)7/h12-20,29,33-36H,21-28H2,1-11H3/t29-,34?,35+,36-/m1/s1. The maximum Gasteiger partial charge on any atom is 0.410 e. The summed E-state index contributed by atoms with van der Waals surface area (Å²) in [5.74, 6) is -3.05. The summed E-state index contributed by atoms with van der Waals surface area (Å²) >= 11 is 0. The molecule has 316 valence electrons. The minimum atomic E-state index is -1.92. The van der Waals surface area contributed by atoms with Crippen molar-refractivity contribution in [1.82, 2.24) is 9.80 Å². The number of halogens is 1. The number of hydrogen-bond donors (Lipinski definition) is 0. The van der Waals surface area contributed by atoms with Crippen LogP contribution in [0, 0.1) is 5.41 Å². The Kier molecular flexibility index (Phi) is 16.7. The van der Waals surface area contributed by atoms with Gasteiger partial charge in [0.05, 0.1) is 0 Å². The normalized spacial score (nSPS) is 16.0. The first kappa shape index (κ1) is 46.9. The molecule has 1 fully saturated rings. The van der Waals surface area contributed by atoms with Crippen LogP contribution in [0.2, 0.25) is 0 Å². The Morgan fingerprint density at radius 3 is 1.86 bits per heavy atom. The molecule has 2 amide bonds. The lowest BCUT2D eigenvalue weighted by molar-refractivity contribution is -0.174. The molecule has 0 bridgehead atoms. The highest BCUT2D eigenvalue weighted by molar-refractivity contribution is 5.90. The van der Waals surface area contributed by atoms with Gasteiger partial charge in [-0.25, -0.2) is 23.6 Å². The molecule has 0 radical (unpaired) electrons. The van der Waals surface area contributed by atoms with Gasteiger partial charge in [0.25, 0.3) is 5.91 Å². The van der Waals surface area contributed by atoms with Crippen LogP contribution in [-0.4, -0.2) is 103 Å². The Balaban J connectivity index is 1.94. The van der Waals surface area contributed by atoms with E-state index in [4.69, 9.17) is 23.7 Å². The molecule has 12 nitrogen and oxygen atoms in total. The van der Waals surface area contributed by atoms with Crippen molar-refractivity contribution in [2.24, 2.45) is 5.41 Å². The van der Waals surface area contributed by atoms with Gasteiger partial charge in [0, 0.05) is 40.2 Å². The van der Waals surface area contributed by atoms with E-state index in [0.717, 1.165) is 33.8 Å². The lowest BCUT2D eigenvalue weighted by atomic mass is 9.87. The van der Waals surface area contributed by atoms with Gasteiger partial charge >= 0.3 is 24.0 Å². The zero-order valence-electron chi connectivity index (χ0n) is 35.6. The third kappa shape index (κ3) is 15.7. The van der Waals surface area contributed by atoms with Crippen LogP contribution in [-0.2, 0) is 55.9 Å². The summed E-state index contributed by atoms with van der Waals surface area (Å²) in [4.78, 5) is 70.6. The number of nitrogens with zero attached hydrogens (tertiary/aromatic N) is 2. The topological polar surface area (TPSA) is 138 Å². The van der Waals surface area contributed by atoms with E-state index in [1.165, 1.54) is 34.9 Å². The van der Waals surface area contributed by atoms with Crippen molar-refractivity contribution >= 4 is 29.9 Å². The van der Waals surface area contributed by atoms with Crippen LogP contribution in [0.4, 0.5) is 9.18 Å². The first-order chi connectivity index (χ1) is 26.4. The number of alkyl halides is 1. The van der Waals surface area contributed by atoms with Crippen LogP contribution >= 0.6 is 0 Å². The van der Waals surface area contributed by atoms with Gasteiger partial charge < -0.3 is 28.6 Å². The second-order valence-electron chi connectivity index (χ2n) is 17.7. The highest BCUT2D eigenvalue weighted by atomic mass is 19.1. The first-order valence-corrected chi connectivity index (χ1v) is 19.6. The van der Waals surface area contributed by atoms with Crippen LogP contribution in [0.1, 0.15) is 111 Å². The molecule has 0 N–H and O–H groups in total. The number of ether oxygens (including phenoxy) is 5. The number of likely N-dealkylation sites (N-methyl/N-ethyl adjacent to an activating group) is 2. The molecule has 2 aromatic carbocycles. The average Bonchev–Trinajstić information content (AvgIpc) is 3.13. The van der Waals surface area contributed by atoms with E-state index in [9.17, 15) is 24.0 Å². The SMILES string of the molecule is C[C@@H](OC(=O)C(CC(C)(C)C)N(C)C(=O)[C@@H](Cc1ccc(C2CCOCC2)cc1)OC(=O)[C@H](CC(C)(C)F)N(C)C(=O)OC(C)(C)C)C(=O)OCc1ccccc1. The molecule has 1 heterocycles. The van der Waals surface area contributed by atoms with E-state index in [-0.39, 0.29) is 19.4 Å². The van der Waals surface area contributed by atoms with Gasteiger partial charge in [-0.2, -0.15) is 0 Å². The quantitative estimate of drug-likeness (QED) is 0.125.